The van der Waals surface area contributed by atoms with Gasteiger partial charge in [-0.3, -0.25) is 9.59 Å². The normalized spacial score (nSPS) is 15.5. The highest BCUT2D eigenvalue weighted by Gasteiger charge is 2.50. The number of ketones is 2. The number of benzene rings is 3. The zero-order valence-corrected chi connectivity index (χ0v) is 26.7. The predicted octanol–water partition coefficient (Wildman–Crippen LogP) is 6.30. The van der Waals surface area contributed by atoms with Gasteiger partial charge in [0.15, 0.2) is 46.1 Å². The quantitative estimate of drug-likeness (QED) is 0.120. The first-order chi connectivity index (χ1) is 22.2. The molecule has 0 spiro atoms. The lowest BCUT2D eigenvalue weighted by Gasteiger charge is -2.38. The summed E-state index contributed by atoms with van der Waals surface area (Å²) in [5.74, 6) is 0.710. The summed E-state index contributed by atoms with van der Waals surface area (Å²) in [5.41, 5.74) is 0.787. The van der Waals surface area contributed by atoms with Crippen molar-refractivity contribution < 1.29 is 43.5 Å². The SMILES string of the molecule is COc1cc(C/C=C/C(=O)C2(C(=O)/C=C/Cc3ccc(O)c(OC)c3)CCC=C[C@H]2c2cc(OC)c(OC)cc2OC)ccc1O. The minimum absolute atomic E-state index is 0.0223. The van der Waals surface area contributed by atoms with Gasteiger partial charge < -0.3 is 33.9 Å². The Labute approximate surface area is 269 Å². The minimum atomic E-state index is -1.48. The minimum Gasteiger partial charge on any atom is -0.504 e. The van der Waals surface area contributed by atoms with E-state index in [0.29, 0.717) is 53.6 Å². The molecule has 1 aliphatic carbocycles. The van der Waals surface area contributed by atoms with Crippen molar-refractivity contribution in [2.45, 2.75) is 31.6 Å². The van der Waals surface area contributed by atoms with Crippen molar-refractivity contribution >= 4 is 11.6 Å². The number of rotatable bonds is 14. The third kappa shape index (κ3) is 7.04. The van der Waals surface area contributed by atoms with E-state index in [-0.39, 0.29) is 29.5 Å². The fraction of sp³-hybridized carbons (Fsp3) is 0.297. The van der Waals surface area contributed by atoms with Gasteiger partial charge >= 0.3 is 0 Å². The highest BCUT2D eigenvalue weighted by molar-refractivity contribution is 6.16. The molecule has 3 aromatic carbocycles. The largest absolute Gasteiger partial charge is 0.504 e. The van der Waals surface area contributed by atoms with E-state index in [1.807, 2.05) is 12.2 Å². The summed E-state index contributed by atoms with van der Waals surface area (Å²) >= 11 is 0. The molecule has 1 atom stereocenters. The number of hydrogen-bond donors (Lipinski definition) is 2. The van der Waals surface area contributed by atoms with Crippen LogP contribution in [-0.4, -0.2) is 57.3 Å². The lowest BCUT2D eigenvalue weighted by molar-refractivity contribution is -0.136. The predicted molar refractivity (Wildman–Crippen MR) is 175 cm³/mol. The number of ether oxygens (including phenoxy) is 5. The van der Waals surface area contributed by atoms with E-state index in [2.05, 4.69) is 0 Å². The molecular weight excluding hydrogens is 588 g/mol. The van der Waals surface area contributed by atoms with Crippen molar-refractivity contribution in [3.63, 3.8) is 0 Å². The van der Waals surface area contributed by atoms with E-state index < -0.39 is 11.3 Å². The first kappa shape index (κ1) is 33.7. The molecule has 1 aliphatic rings. The molecule has 2 N–H and O–H groups in total. The molecule has 9 heteroatoms. The highest BCUT2D eigenvalue weighted by Crippen LogP contribution is 2.51. The Bertz CT molecular complexity index is 1570. The molecule has 3 aromatic rings. The van der Waals surface area contributed by atoms with Crippen LogP contribution in [0.1, 0.15) is 35.4 Å². The van der Waals surface area contributed by atoms with E-state index in [1.54, 1.807) is 48.6 Å². The molecule has 0 unspecified atom stereocenters. The molecule has 242 valence electrons. The van der Waals surface area contributed by atoms with Crippen molar-refractivity contribution in [1.29, 1.82) is 0 Å². The Hall–Kier alpha value is -5.18. The van der Waals surface area contributed by atoms with Gasteiger partial charge in [0.25, 0.3) is 0 Å². The third-order valence-electron chi connectivity index (χ3n) is 8.25. The highest BCUT2D eigenvalue weighted by atomic mass is 16.5. The average Bonchev–Trinajstić information content (AvgIpc) is 3.08. The molecule has 9 nitrogen and oxygen atoms in total. The van der Waals surface area contributed by atoms with Crippen LogP contribution in [0.25, 0.3) is 0 Å². The van der Waals surface area contributed by atoms with Gasteiger partial charge in [-0.15, -0.1) is 0 Å². The van der Waals surface area contributed by atoms with Crippen molar-refractivity contribution in [3.05, 3.63) is 102 Å². The smallest absolute Gasteiger partial charge is 0.170 e. The van der Waals surface area contributed by atoms with Crippen LogP contribution in [0.4, 0.5) is 0 Å². The second-order valence-electron chi connectivity index (χ2n) is 10.8. The van der Waals surface area contributed by atoms with Crippen LogP contribution in [0, 0.1) is 5.41 Å². The van der Waals surface area contributed by atoms with Gasteiger partial charge in [0, 0.05) is 17.5 Å². The summed E-state index contributed by atoms with van der Waals surface area (Å²) in [6.45, 7) is 0. The van der Waals surface area contributed by atoms with Gasteiger partial charge in [-0.25, -0.2) is 0 Å². The van der Waals surface area contributed by atoms with Crippen LogP contribution < -0.4 is 23.7 Å². The molecule has 0 bridgehead atoms. The zero-order valence-electron chi connectivity index (χ0n) is 26.7. The molecule has 0 aliphatic heterocycles. The Morgan fingerprint density at radius 1 is 0.696 bits per heavy atom. The molecule has 46 heavy (non-hydrogen) atoms. The van der Waals surface area contributed by atoms with Crippen molar-refractivity contribution in [2.24, 2.45) is 5.41 Å². The van der Waals surface area contributed by atoms with E-state index in [0.717, 1.165) is 11.1 Å². The van der Waals surface area contributed by atoms with Gasteiger partial charge in [-0.2, -0.15) is 0 Å². The summed E-state index contributed by atoms with van der Waals surface area (Å²) in [4.78, 5) is 28.7. The maximum atomic E-state index is 14.4. The summed E-state index contributed by atoms with van der Waals surface area (Å²) < 4.78 is 27.2. The van der Waals surface area contributed by atoms with E-state index >= 15 is 0 Å². The molecule has 0 radical (unpaired) electrons. The number of hydrogen-bond acceptors (Lipinski definition) is 9. The van der Waals surface area contributed by atoms with Crippen molar-refractivity contribution in [1.82, 2.24) is 0 Å². The lowest BCUT2D eigenvalue weighted by atomic mass is 9.61. The average molecular weight is 629 g/mol. The number of phenols is 2. The molecule has 0 heterocycles. The molecule has 4 rings (SSSR count). The summed E-state index contributed by atoms with van der Waals surface area (Å²) in [7, 11) is 7.52. The van der Waals surface area contributed by atoms with Crippen LogP contribution >= 0.6 is 0 Å². The molecule has 0 amide bonds. The maximum Gasteiger partial charge on any atom is 0.170 e. The number of aromatic hydroxyl groups is 2. The van der Waals surface area contributed by atoms with Crippen LogP contribution in [0.2, 0.25) is 0 Å². The van der Waals surface area contributed by atoms with E-state index in [4.69, 9.17) is 23.7 Å². The van der Waals surface area contributed by atoms with Crippen LogP contribution in [0.5, 0.6) is 40.2 Å². The van der Waals surface area contributed by atoms with E-state index in [1.165, 1.54) is 59.8 Å². The fourth-order valence-corrected chi connectivity index (χ4v) is 5.80. The lowest BCUT2D eigenvalue weighted by Crippen LogP contribution is -2.44. The monoisotopic (exact) mass is 628 g/mol. The topological polar surface area (TPSA) is 121 Å². The van der Waals surface area contributed by atoms with E-state index in [9.17, 15) is 19.8 Å². The second-order valence-corrected chi connectivity index (χ2v) is 10.8. The van der Waals surface area contributed by atoms with Gasteiger partial charge in [0.1, 0.15) is 11.2 Å². The third-order valence-corrected chi connectivity index (χ3v) is 8.25. The van der Waals surface area contributed by atoms with Gasteiger partial charge in [0.2, 0.25) is 0 Å². The Morgan fingerprint density at radius 2 is 1.17 bits per heavy atom. The zero-order chi connectivity index (χ0) is 33.3. The van der Waals surface area contributed by atoms with Crippen LogP contribution in [-0.2, 0) is 22.4 Å². The Balaban J connectivity index is 1.76. The van der Waals surface area contributed by atoms with Gasteiger partial charge in [-0.05, 0) is 79.3 Å². The molecule has 0 aromatic heterocycles. The number of phenolic OH excluding ortho intramolecular Hbond substituents is 2. The summed E-state index contributed by atoms with van der Waals surface area (Å²) in [6.07, 6.45) is 11.8. The van der Waals surface area contributed by atoms with Crippen LogP contribution in [0.15, 0.2) is 85.0 Å². The van der Waals surface area contributed by atoms with Crippen LogP contribution in [0.3, 0.4) is 0 Å². The van der Waals surface area contributed by atoms with Gasteiger partial charge in [-0.1, -0.05) is 36.4 Å². The Morgan fingerprint density at radius 3 is 1.65 bits per heavy atom. The number of carbonyl (C=O) groups excluding carboxylic acids is 2. The summed E-state index contributed by atoms with van der Waals surface area (Å²) in [6, 6.07) is 13.4. The second kappa shape index (κ2) is 15.2. The standard InChI is InChI=1S/C37H40O9/c1-42-30-23-34(46-5)33(45-4)22-26(30)27-12-6-7-19-37(27,35(40)13-8-10-24-15-17-28(38)31(20-24)43-2)36(41)14-9-11-25-16-18-29(39)32(21-25)44-3/h6,8-9,12-18,20-23,27,38-39H,7,10-11,19H2,1-5H3/b13-8+,14-9+/t27-/m0/s1. The number of carbonyl (C=O) groups is 2. The molecule has 0 fully saturated rings. The molecule has 0 saturated heterocycles. The maximum absolute atomic E-state index is 14.4. The van der Waals surface area contributed by atoms with Crippen molar-refractivity contribution in [3.8, 4) is 40.2 Å². The first-order valence-corrected chi connectivity index (χ1v) is 14.8. The fourth-order valence-electron chi connectivity index (χ4n) is 5.80. The van der Waals surface area contributed by atoms with Crippen molar-refractivity contribution in [2.75, 3.05) is 35.5 Å². The first-order valence-electron chi connectivity index (χ1n) is 14.8. The Kier molecular flexibility index (Phi) is 11.1. The molecule has 0 saturated carbocycles. The molecular formula is C37H40O9. The van der Waals surface area contributed by atoms with Gasteiger partial charge in [0.05, 0.1) is 35.5 Å². The summed E-state index contributed by atoms with van der Waals surface area (Å²) in [5, 5.41) is 19.9. The number of methoxy groups -OCH3 is 5. The number of allylic oxidation sites excluding steroid dienone is 6.